The molecular weight excluding hydrogens is 296 g/mol. The van der Waals surface area contributed by atoms with E-state index in [0.29, 0.717) is 6.42 Å². The van der Waals surface area contributed by atoms with E-state index in [9.17, 15) is 4.79 Å². The van der Waals surface area contributed by atoms with Crippen molar-refractivity contribution in [1.29, 1.82) is 0 Å². The first-order chi connectivity index (χ1) is 11.8. The van der Waals surface area contributed by atoms with Crippen LogP contribution in [0, 0.1) is 0 Å². The van der Waals surface area contributed by atoms with E-state index in [-0.39, 0.29) is 0 Å². The summed E-state index contributed by atoms with van der Waals surface area (Å²) in [5, 5.41) is 8.55. The van der Waals surface area contributed by atoms with Gasteiger partial charge in [-0.2, -0.15) is 0 Å². The summed E-state index contributed by atoms with van der Waals surface area (Å²) in [6.45, 7) is 2.07. The van der Waals surface area contributed by atoms with E-state index in [1.807, 2.05) is 0 Å². The van der Waals surface area contributed by atoms with Crippen molar-refractivity contribution in [3.05, 3.63) is 24.3 Å². The molecule has 0 heterocycles. The molecule has 0 unspecified atom stereocenters. The molecule has 0 aromatic carbocycles. The Morgan fingerprint density at radius 1 is 0.667 bits per heavy atom. The molecule has 0 aliphatic heterocycles. The van der Waals surface area contributed by atoms with Crippen molar-refractivity contribution < 1.29 is 9.90 Å². The normalized spacial score (nSPS) is 11.7. The third-order valence-electron chi connectivity index (χ3n) is 4.44. The van der Waals surface area contributed by atoms with Gasteiger partial charge in [0.2, 0.25) is 0 Å². The minimum atomic E-state index is -0.657. The SMILES string of the molecule is CC=CCC=CCCCCCCCCCCCCCCCC(=O)O. The number of hydrogen-bond donors (Lipinski definition) is 1. The molecule has 0 amide bonds. The van der Waals surface area contributed by atoms with Crippen molar-refractivity contribution in [2.75, 3.05) is 0 Å². The van der Waals surface area contributed by atoms with Gasteiger partial charge in [0.1, 0.15) is 0 Å². The fourth-order valence-corrected chi connectivity index (χ4v) is 2.91. The second kappa shape index (κ2) is 20.0. The quantitative estimate of drug-likeness (QED) is 0.208. The van der Waals surface area contributed by atoms with Crippen LogP contribution in [-0.4, -0.2) is 11.1 Å². The van der Waals surface area contributed by atoms with Crippen LogP contribution in [0.2, 0.25) is 0 Å². The molecule has 0 bridgehead atoms. The number of carboxylic acid groups (broad SMARTS) is 1. The van der Waals surface area contributed by atoms with Gasteiger partial charge in [-0.1, -0.05) is 94.9 Å². The standard InChI is InChI=1S/C22H40O2/c1-2-3-4-5-6-7-8-9-10-11-12-13-14-15-16-17-18-19-20-21-22(23)24/h2-3,5-6H,4,7-21H2,1H3,(H,23,24). The summed E-state index contributed by atoms with van der Waals surface area (Å²) in [5.41, 5.74) is 0. The molecule has 2 nitrogen and oxygen atoms in total. The Bertz CT molecular complexity index is 318. The van der Waals surface area contributed by atoms with Crippen molar-refractivity contribution in [2.45, 2.75) is 110 Å². The van der Waals surface area contributed by atoms with Crippen molar-refractivity contribution in [2.24, 2.45) is 0 Å². The van der Waals surface area contributed by atoms with E-state index in [4.69, 9.17) is 5.11 Å². The van der Waals surface area contributed by atoms with E-state index in [1.165, 1.54) is 77.0 Å². The summed E-state index contributed by atoms with van der Waals surface area (Å²) in [4.78, 5) is 10.4. The lowest BCUT2D eigenvalue weighted by Gasteiger charge is -2.03. The second-order valence-electron chi connectivity index (χ2n) is 6.80. The van der Waals surface area contributed by atoms with Gasteiger partial charge in [0, 0.05) is 6.42 Å². The summed E-state index contributed by atoms with van der Waals surface area (Å²) in [5.74, 6) is -0.657. The number of aliphatic carboxylic acids is 1. The average molecular weight is 337 g/mol. The number of allylic oxidation sites excluding steroid dienone is 4. The summed E-state index contributed by atoms with van der Waals surface area (Å²) in [6, 6.07) is 0. The van der Waals surface area contributed by atoms with Gasteiger partial charge in [0.05, 0.1) is 0 Å². The van der Waals surface area contributed by atoms with Crippen molar-refractivity contribution in [1.82, 2.24) is 0 Å². The molecule has 0 saturated carbocycles. The highest BCUT2D eigenvalue weighted by Crippen LogP contribution is 2.13. The van der Waals surface area contributed by atoms with E-state index in [0.717, 1.165) is 19.3 Å². The number of hydrogen-bond acceptors (Lipinski definition) is 1. The number of rotatable bonds is 18. The Morgan fingerprint density at radius 3 is 1.58 bits per heavy atom. The topological polar surface area (TPSA) is 37.3 Å². The molecule has 0 aliphatic rings. The fraction of sp³-hybridized carbons (Fsp3) is 0.773. The maximum absolute atomic E-state index is 10.4. The van der Waals surface area contributed by atoms with E-state index in [1.54, 1.807) is 0 Å². The summed E-state index contributed by atoms with van der Waals surface area (Å²) in [7, 11) is 0. The van der Waals surface area contributed by atoms with Crippen LogP contribution in [0.1, 0.15) is 110 Å². The van der Waals surface area contributed by atoms with Gasteiger partial charge in [-0.15, -0.1) is 0 Å². The van der Waals surface area contributed by atoms with Crippen LogP contribution < -0.4 is 0 Å². The third kappa shape index (κ3) is 20.9. The van der Waals surface area contributed by atoms with Gasteiger partial charge in [-0.3, -0.25) is 4.79 Å². The molecule has 0 spiro atoms. The monoisotopic (exact) mass is 336 g/mol. The van der Waals surface area contributed by atoms with Gasteiger partial charge in [-0.05, 0) is 32.6 Å². The van der Waals surface area contributed by atoms with Crippen molar-refractivity contribution in [3.8, 4) is 0 Å². The van der Waals surface area contributed by atoms with Gasteiger partial charge in [0.15, 0.2) is 0 Å². The highest BCUT2D eigenvalue weighted by Gasteiger charge is 1.97. The molecule has 1 N–H and O–H groups in total. The Morgan fingerprint density at radius 2 is 1.12 bits per heavy atom. The lowest BCUT2D eigenvalue weighted by molar-refractivity contribution is -0.137. The predicted molar refractivity (Wildman–Crippen MR) is 105 cm³/mol. The van der Waals surface area contributed by atoms with Crippen molar-refractivity contribution >= 4 is 5.97 Å². The molecule has 0 saturated heterocycles. The molecule has 2 heteroatoms. The van der Waals surface area contributed by atoms with Gasteiger partial charge in [0.25, 0.3) is 0 Å². The highest BCUT2D eigenvalue weighted by atomic mass is 16.4. The lowest BCUT2D eigenvalue weighted by atomic mass is 10.0. The van der Waals surface area contributed by atoms with Crippen LogP contribution in [0.5, 0.6) is 0 Å². The third-order valence-corrected chi connectivity index (χ3v) is 4.44. The van der Waals surface area contributed by atoms with Crippen LogP contribution in [0.3, 0.4) is 0 Å². The predicted octanol–water partition coefficient (Wildman–Crippen LogP) is 7.44. The number of unbranched alkanes of at least 4 members (excludes halogenated alkanes) is 13. The molecular formula is C22H40O2. The zero-order chi connectivity index (χ0) is 17.7. The number of carbonyl (C=O) groups is 1. The summed E-state index contributed by atoms with van der Waals surface area (Å²) in [6.07, 6.45) is 28.3. The second-order valence-corrected chi connectivity index (χ2v) is 6.80. The molecule has 140 valence electrons. The highest BCUT2D eigenvalue weighted by molar-refractivity contribution is 5.66. The van der Waals surface area contributed by atoms with Crippen LogP contribution >= 0.6 is 0 Å². The Labute approximate surface area is 150 Å². The first-order valence-electron chi connectivity index (χ1n) is 10.3. The van der Waals surface area contributed by atoms with Crippen LogP contribution in [0.25, 0.3) is 0 Å². The van der Waals surface area contributed by atoms with Crippen LogP contribution in [-0.2, 0) is 4.79 Å². The smallest absolute Gasteiger partial charge is 0.303 e. The van der Waals surface area contributed by atoms with Gasteiger partial charge in [-0.25, -0.2) is 0 Å². The first-order valence-corrected chi connectivity index (χ1v) is 10.3. The number of carboxylic acids is 1. The van der Waals surface area contributed by atoms with Gasteiger partial charge >= 0.3 is 5.97 Å². The zero-order valence-corrected chi connectivity index (χ0v) is 16.0. The average Bonchev–Trinajstić information content (AvgIpc) is 2.56. The zero-order valence-electron chi connectivity index (χ0n) is 16.0. The molecule has 0 aromatic heterocycles. The maximum atomic E-state index is 10.4. The molecule has 0 aliphatic carbocycles. The molecule has 0 rings (SSSR count). The summed E-state index contributed by atoms with van der Waals surface area (Å²) < 4.78 is 0. The molecule has 0 atom stereocenters. The van der Waals surface area contributed by atoms with E-state index in [2.05, 4.69) is 31.2 Å². The van der Waals surface area contributed by atoms with E-state index < -0.39 is 5.97 Å². The van der Waals surface area contributed by atoms with Crippen LogP contribution in [0.4, 0.5) is 0 Å². The first kappa shape index (κ1) is 22.9. The maximum Gasteiger partial charge on any atom is 0.303 e. The van der Waals surface area contributed by atoms with Gasteiger partial charge < -0.3 is 5.11 Å². The Hall–Kier alpha value is -1.05. The molecule has 24 heavy (non-hydrogen) atoms. The Kier molecular flexibility index (Phi) is 19.1. The van der Waals surface area contributed by atoms with Crippen LogP contribution in [0.15, 0.2) is 24.3 Å². The minimum absolute atomic E-state index is 0.340. The Balaban J connectivity index is 3.05. The largest absolute Gasteiger partial charge is 0.481 e. The summed E-state index contributed by atoms with van der Waals surface area (Å²) >= 11 is 0. The van der Waals surface area contributed by atoms with E-state index >= 15 is 0 Å². The van der Waals surface area contributed by atoms with Crippen molar-refractivity contribution in [3.63, 3.8) is 0 Å². The molecule has 0 aromatic rings. The minimum Gasteiger partial charge on any atom is -0.481 e. The molecule has 0 fully saturated rings. The molecule has 0 radical (unpaired) electrons. The lowest BCUT2D eigenvalue weighted by Crippen LogP contribution is -1.93. The fourth-order valence-electron chi connectivity index (χ4n) is 2.91.